The van der Waals surface area contributed by atoms with Gasteiger partial charge in [0.05, 0.1) is 18.4 Å². The van der Waals surface area contributed by atoms with E-state index in [1.807, 2.05) is 79.1 Å². The number of aromatic nitrogens is 5. The van der Waals surface area contributed by atoms with Crippen molar-refractivity contribution in [2.45, 2.75) is 19.7 Å². The molecule has 5 rings (SSSR count). The molecule has 0 fully saturated rings. The normalized spacial score (nSPS) is 10.6. The van der Waals surface area contributed by atoms with E-state index < -0.39 is 0 Å². The number of nitrogen functional groups attached to an aromatic ring is 1. The smallest absolute Gasteiger partial charge is 0.212 e. The zero-order valence-electron chi connectivity index (χ0n) is 19.2. The van der Waals surface area contributed by atoms with Crippen LogP contribution in [0.3, 0.4) is 0 Å². The molecule has 5 aromatic rings. The fourth-order valence-electron chi connectivity index (χ4n) is 3.54. The summed E-state index contributed by atoms with van der Waals surface area (Å²) in [6.45, 7) is 4.00. The third-order valence-electron chi connectivity index (χ3n) is 5.17. The number of fused-ring (bicyclic) bond motifs is 1. The number of nitrogens with zero attached hydrogens (tertiary/aromatic N) is 5. The molecule has 172 valence electrons. The van der Waals surface area contributed by atoms with Gasteiger partial charge in [-0.05, 0) is 48.0 Å². The van der Waals surface area contributed by atoms with Crippen LogP contribution in [0.1, 0.15) is 19.4 Å². The Labute approximate surface area is 203 Å². The highest BCUT2D eigenvalue weighted by Crippen LogP contribution is 2.31. The van der Waals surface area contributed by atoms with Crippen LogP contribution in [0.2, 0.25) is 0 Å². The van der Waals surface area contributed by atoms with Crippen molar-refractivity contribution in [2.24, 2.45) is 0 Å². The summed E-state index contributed by atoms with van der Waals surface area (Å²) in [7, 11) is 1.59. The maximum absolute atomic E-state index is 6.19. The fraction of sp³-hybridized carbons (Fsp3) is 0.154. The van der Waals surface area contributed by atoms with E-state index in [1.165, 1.54) is 0 Å². The van der Waals surface area contributed by atoms with Gasteiger partial charge in [-0.1, -0.05) is 26.0 Å². The Kier molecular flexibility index (Phi) is 7.04. The third kappa shape index (κ3) is 4.43. The van der Waals surface area contributed by atoms with Crippen molar-refractivity contribution in [1.82, 2.24) is 24.5 Å². The SMILES string of the molecule is CC.COc1ccc(-c2ccc3nc(-c4cccnc4N)n(-c4ccc(CCl)cc4)c3n2)cn1. The Morgan fingerprint density at radius 3 is 2.38 bits per heavy atom. The number of imidazole rings is 1. The molecule has 0 atom stereocenters. The van der Waals surface area contributed by atoms with Crippen LogP contribution in [0.25, 0.3) is 39.5 Å². The number of nitrogens with two attached hydrogens (primary N) is 1. The van der Waals surface area contributed by atoms with Crippen molar-refractivity contribution >= 4 is 28.6 Å². The van der Waals surface area contributed by atoms with Gasteiger partial charge in [-0.25, -0.2) is 19.9 Å². The number of pyridine rings is 3. The molecular formula is C26H25ClN6O. The average molecular weight is 473 g/mol. The van der Waals surface area contributed by atoms with E-state index in [4.69, 9.17) is 32.0 Å². The minimum atomic E-state index is 0.404. The summed E-state index contributed by atoms with van der Waals surface area (Å²) < 4.78 is 7.15. The van der Waals surface area contributed by atoms with Gasteiger partial charge >= 0.3 is 0 Å². The van der Waals surface area contributed by atoms with Crippen molar-refractivity contribution in [1.29, 1.82) is 0 Å². The Balaban J connectivity index is 0.00000133. The van der Waals surface area contributed by atoms with Gasteiger partial charge in [0, 0.05) is 35.6 Å². The summed E-state index contributed by atoms with van der Waals surface area (Å²) in [4.78, 5) is 18.3. The molecule has 0 radical (unpaired) electrons. The summed E-state index contributed by atoms with van der Waals surface area (Å²) in [5, 5.41) is 0. The van der Waals surface area contributed by atoms with Crippen molar-refractivity contribution in [3.8, 4) is 34.2 Å². The Morgan fingerprint density at radius 1 is 0.941 bits per heavy atom. The molecule has 1 aromatic carbocycles. The highest BCUT2D eigenvalue weighted by atomic mass is 35.5. The molecule has 0 bridgehead atoms. The number of methoxy groups -OCH3 is 1. The third-order valence-corrected chi connectivity index (χ3v) is 5.48. The predicted octanol–water partition coefficient (Wildman–Crippen LogP) is 5.90. The van der Waals surface area contributed by atoms with Gasteiger partial charge in [-0.2, -0.15) is 0 Å². The van der Waals surface area contributed by atoms with Crippen molar-refractivity contribution in [3.05, 3.63) is 78.6 Å². The van der Waals surface area contributed by atoms with E-state index in [-0.39, 0.29) is 0 Å². The lowest BCUT2D eigenvalue weighted by Crippen LogP contribution is -2.02. The number of hydrogen-bond donors (Lipinski definition) is 1. The molecule has 8 heteroatoms. The van der Waals surface area contributed by atoms with E-state index in [0.717, 1.165) is 33.6 Å². The second kappa shape index (κ2) is 10.3. The van der Waals surface area contributed by atoms with Gasteiger partial charge in [-0.3, -0.25) is 4.57 Å². The number of hydrogen-bond acceptors (Lipinski definition) is 6. The molecule has 0 spiro atoms. The van der Waals surface area contributed by atoms with E-state index in [2.05, 4.69) is 9.97 Å². The predicted molar refractivity (Wildman–Crippen MR) is 137 cm³/mol. The molecule has 7 nitrogen and oxygen atoms in total. The molecule has 2 N–H and O–H groups in total. The molecular weight excluding hydrogens is 448 g/mol. The quantitative estimate of drug-likeness (QED) is 0.320. The highest BCUT2D eigenvalue weighted by molar-refractivity contribution is 6.17. The zero-order chi connectivity index (χ0) is 24.1. The number of rotatable bonds is 5. The molecule has 0 amide bonds. The van der Waals surface area contributed by atoms with Gasteiger partial charge in [-0.15, -0.1) is 11.6 Å². The van der Waals surface area contributed by atoms with Crippen LogP contribution in [0, 0.1) is 0 Å². The van der Waals surface area contributed by atoms with Crippen molar-refractivity contribution < 1.29 is 4.74 Å². The monoisotopic (exact) mass is 472 g/mol. The van der Waals surface area contributed by atoms with Crippen LogP contribution in [0.5, 0.6) is 5.88 Å². The molecule has 0 aliphatic rings. The lowest BCUT2D eigenvalue weighted by molar-refractivity contribution is 0.398. The minimum absolute atomic E-state index is 0.404. The molecule has 0 aliphatic heterocycles. The largest absolute Gasteiger partial charge is 0.481 e. The Morgan fingerprint density at radius 2 is 1.74 bits per heavy atom. The minimum Gasteiger partial charge on any atom is -0.481 e. The number of halogens is 1. The number of ether oxygens (including phenoxy) is 1. The average Bonchev–Trinajstić information content (AvgIpc) is 3.28. The first-order valence-electron chi connectivity index (χ1n) is 10.9. The Bertz CT molecular complexity index is 1400. The van der Waals surface area contributed by atoms with E-state index >= 15 is 0 Å². The number of anilines is 1. The Hall–Kier alpha value is -3.97. The van der Waals surface area contributed by atoms with Crippen LogP contribution in [0.15, 0.2) is 73.1 Å². The zero-order valence-corrected chi connectivity index (χ0v) is 20.0. The number of benzene rings is 1. The molecule has 0 saturated heterocycles. The van der Waals surface area contributed by atoms with Crippen LogP contribution < -0.4 is 10.5 Å². The second-order valence-corrected chi connectivity index (χ2v) is 7.40. The standard InChI is InChI=1S/C24H19ClN6O.C2H6/c1-32-21-11-6-16(14-28-21)19-9-10-20-24(29-19)31(17-7-4-15(13-25)5-8-17)23(30-20)18-3-2-12-27-22(18)26;1-2/h2-12,14H,13H2,1H3,(H2,26,27);1-2H3. The van der Waals surface area contributed by atoms with E-state index in [1.54, 1.807) is 19.5 Å². The maximum Gasteiger partial charge on any atom is 0.212 e. The molecule has 34 heavy (non-hydrogen) atoms. The van der Waals surface area contributed by atoms with Gasteiger partial charge in [0.15, 0.2) is 11.5 Å². The van der Waals surface area contributed by atoms with Crippen LogP contribution in [-0.2, 0) is 5.88 Å². The first kappa shape index (κ1) is 23.2. The molecule has 4 heterocycles. The van der Waals surface area contributed by atoms with Gasteiger partial charge in [0.1, 0.15) is 11.3 Å². The summed E-state index contributed by atoms with van der Waals surface area (Å²) >= 11 is 5.99. The van der Waals surface area contributed by atoms with Gasteiger partial charge in [0.2, 0.25) is 5.88 Å². The fourth-order valence-corrected chi connectivity index (χ4v) is 3.71. The molecule has 4 aromatic heterocycles. The van der Waals surface area contributed by atoms with Crippen LogP contribution in [-0.4, -0.2) is 31.6 Å². The summed E-state index contributed by atoms with van der Waals surface area (Å²) in [6, 6.07) is 19.3. The first-order chi connectivity index (χ1) is 16.7. The maximum atomic E-state index is 6.19. The molecule has 0 unspecified atom stereocenters. The summed E-state index contributed by atoms with van der Waals surface area (Å²) in [5.74, 6) is 2.07. The van der Waals surface area contributed by atoms with Gasteiger partial charge < -0.3 is 10.5 Å². The van der Waals surface area contributed by atoms with E-state index in [0.29, 0.717) is 29.0 Å². The van der Waals surface area contributed by atoms with Crippen LogP contribution >= 0.6 is 11.6 Å². The van der Waals surface area contributed by atoms with Crippen LogP contribution in [0.4, 0.5) is 5.82 Å². The van der Waals surface area contributed by atoms with E-state index in [9.17, 15) is 0 Å². The van der Waals surface area contributed by atoms with Crippen molar-refractivity contribution in [3.63, 3.8) is 0 Å². The lowest BCUT2D eigenvalue weighted by atomic mass is 10.2. The van der Waals surface area contributed by atoms with Gasteiger partial charge in [0.25, 0.3) is 0 Å². The number of alkyl halides is 1. The lowest BCUT2D eigenvalue weighted by Gasteiger charge is -2.11. The molecule has 0 aliphatic carbocycles. The highest BCUT2D eigenvalue weighted by Gasteiger charge is 2.18. The second-order valence-electron chi connectivity index (χ2n) is 7.14. The summed E-state index contributed by atoms with van der Waals surface area (Å²) in [6.07, 6.45) is 3.40. The first-order valence-corrected chi connectivity index (χ1v) is 11.5. The van der Waals surface area contributed by atoms with Crippen molar-refractivity contribution in [2.75, 3.05) is 12.8 Å². The summed E-state index contributed by atoms with van der Waals surface area (Å²) in [5.41, 5.74) is 12.0. The molecule has 0 saturated carbocycles. The topological polar surface area (TPSA) is 91.7 Å².